The van der Waals surface area contributed by atoms with Crippen LogP contribution in [-0.2, 0) is 11.3 Å². The van der Waals surface area contributed by atoms with Crippen LogP contribution < -0.4 is 10.6 Å². The van der Waals surface area contributed by atoms with Crippen LogP contribution >= 0.6 is 0 Å². The van der Waals surface area contributed by atoms with E-state index in [1.54, 1.807) is 12.4 Å². The Labute approximate surface area is 166 Å². The second-order valence-corrected chi connectivity index (χ2v) is 6.94. The molecule has 28 heavy (non-hydrogen) atoms. The van der Waals surface area contributed by atoms with E-state index in [0.717, 1.165) is 28.9 Å². The highest BCUT2D eigenvalue weighted by atomic mass is 16.2. The summed E-state index contributed by atoms with van der Waals surface area (Å²) in [6.07, 6.45) is 6.44. The molecule has 3 rings (SSSR count). The molecule has 2 atom stereocenters. The third-order valence-corrected chi connectivity index (χ3v) is 4.76. The Morgan fingerprint density at radius 1 is 1.11 bits per heavy atom. The summed E-state index contributed by atoms with van der Waals surface area (Å²) < 4.78 is 1.87. The minimum Gasteiger partial charge on any atom is -0.352 e. The van der Waals surface area contributed by atoms with Crippen LogP contribution in [-0.4, -0.2) is 32.8 Å². The molecular weight excluding hydrogens is 350 g/mol. The molecule has 0 saturated heterocycles. The molecule has 3 aromatic rings. The summed E-state index contributed by atoms with van der Waals surface area (Å²) in [6.45, 7) is 6.49. The van der Waals surface area contributed by atoms with E-state index in [1.807, 2.05) is 67.2 Å². The molecule has 1 aromatic carbocycles. The molecule has 2 aromatic heterocycles. The maximum Gasteiger partial charge on any atom is 0.237 e. The van der Waals surface area contributed by atoms with E-state index in [-0.39, 0.29) is 18.0 Å². The van der Waals surface area contributed by atoms with E-state index in [0.29, 0.717) is 6.54 Å². The van der Waals surface area contributed by atoms with Crippen molar-refractivity contribution in [3.63, 3.8) is 0 Å². The number of hydrogen-bond donors (Lipinski definition) is 2. The molecule has 1 amide bonds. The van der Waals surface area contributed by atoms with Crippen LogP contribution in [0.5, 0.6) is 0 Å². The van der Waals surface area contributed by atoms with Gasteiger partial charge in [-0.1, -0.05) is 25.1 Å². The van der Waals surface area contributed by atoms with Crippen LogP contribution in [0.1, 0.15) is 32.8 Å². The van der Waals surface area contributed by atoms with Crippen LogP contribution in [0.15, 0.2) is 61.1 Å². The number of rotatable bonds is 8. The predicted molar refractivity (Wildman–Crippen MR) is 111 cm³/mol. The van der Waals surface area contributed by atoms with Gasteiger partial charge in [0.2, 0.25) is 5.91 Å². The van der Waals surface area contributed by atoms with Crippen LogP contribution in [0.2, 0.25) is 0 Å². The second kappa shape index (κ2) is 9.28. The van der Waals surface area contributed by atoms with E-state index in [4.69, 9.17) is 5.10 Å². The molecule has 2 heterocycles. The van der Waals surface area contributed by atoms with Crippen molar-refractivity contribution in [3.8, 4) is 16.9 Å². The molecule has 0 aliphatic carbocycles. The Kier molecular flexibility index (Phi) is 6.55. The second-order valence-electron chi connectivity index (χ2n) is 6.94. The molecule has 0 aliphatic heterocycles. The number of aromatic nitrogens is 3. The van der Waals surface area contributed by atoms with Crippen LogP contribution in [0.25, 0.3) is 16.9 Å². The lowest BCUT2D eigenvalue weighted by Gasteiger charge is -2.17. The monoisotopic (exact) mass is 377 g/mol. The van der Waals surface area contributed by atoms with Crippen molar-refractivity contribution in [1.82, 2.24) is 25.4 Å². The molecule has 0 fully saturated rings. The first-order valence-electron chi connectivity index (χ1n) is 9.66. The van der Waals surface area contributed by atoms with E-state index in [2.05, 4.69) is 22.5 Å². The van der Waals surface area contributed by atoms with Crippen molar-refractivity contribution < 1.29 is 4.79 Å². The molecule has 146 valence electrons. The average molecular weight is 377 g/mol. The molecule has 0 bridgehead atoms. The summed E-state index contributed by atoms with van der Waals surface area (Å²) in [4.78, 5) is 16.4. The van der Waals surface area contributed by atoms with E-state index < -0.39 is 0 Å². The third kappa shape index (κ3) is 4.84. The fraction of sp³-hybridized carbons (Fsp3) is 0.318. The van der Waals surface area contributed by atoms with Gasteiger partial charge in [0.25, 0.3) is 0 Å². The zero-order valence-electron chi connectivity index (χ0n) is 16.6. The normalized spacial score (nSPS) is 13.1. The fourth-order valence-electron chi connectivity index (χ4n) is 2.83. The number of benzene rings is 1. The molecule has 0 saturated carbocycles. The number of para-hydroxylation sites is 1. The van der Waals surface area contributed by atoms with Crippen molar-refractivity contribution in [2.24, 2.45) is 0 Å². The van der Waals surface area contributed by atoms with Gasteiger partial charge in [0, 0.05) is 42.3 Å². The van der Waals surface area contributed by atoms with Crippen molar-refractivity contribution >= 4 is 5.91 Å². The summed E-state index contributed by atoms with van der Waals surface area (Å²) in [5.41, 5.74) is 3.90. The number of amides is 1. The van der Waals surface area contributed by atoms with Gasteiger partial charge in [0.1, 0.15) is 0 Å². The molecule has 0 aliphatic rings. The average Bonchev–Trinajstić information content (AvgIpc) is 3.17. The highest BCUT2D eigenvalue weighted by molar-refractivity contribution is 5.81. The van der Waals surface area contributed by atoms with E-state index >= 15 is 0 Å². The van der Waals surface area contributed by atoms with Gasteiger partial charge in [-0.3, -0.25) is 9.78 Å². The van der Waals surface area contributed by atoms with Gasteiger partial charge in [-0.2, -0.15) is 5.10 Å². The Bertz CT molecular complexity index is 892. The van der Waals surface area contributed by atoms with E-state index in [9.17, 15) is 4.79 Å². The van der Waals surface area contributed by atoms with Gasteiger partial charge in [-0.15, -0.1) is 0 Å². The molecule has 0 spiro atoms. The van der Waals surface area contributed by atoms with Crippen LogP contribution in [0.3, 0.4) is 0 Å². The zero-order chi connectivity index (χ0) is 19.9. The third-order valence-electron chi connectivity index (χ3n) is 4.76. The topological polar surface area (TPSA) is 71.8 Å². The molecule has 6 nitrogen and oxygen atoms in total. The van der Waals surface area contributed by atoms with Crippen LogP contribution in [0, 0.1) is 0 Å². The number of carbonyl (C=O) groups is 1. The minimum atomic E-state index is -0.292. The van der Waals surface area contributed by atoms with Crippen molar-refractivity contribution in [3.05, 3.63) is 66.6 Å². The summed E-state index contributed by atoms with van der Waals surface area (Å²) in [7, 11) is 0. The first kappa shape index (κ1) is 19.8. The summed E-state index contributed by atoms with van der Waals surface area (Å²) >= 11 is 0. The fourth-order valence-corrected chi connectivity index (χ4v) is 2.83. The van der Waals surface area contributed by atoms with Crippen molar-refractivity contribution in [2.45, 2.75) is 45.8 Å². The highest BCUT2D eigenvalue weighted by Crippen LogP contribution is 2.23. The first-order valence-corrected chi connectivity index (χ1v) is 9.66. The van der Waals surface area contributed by atoms with Gasteiger partial charge in [0.05, 0.1) is 17.4 Å². The molecule has 6 heteroatoms. The number of nitrogens with zero attached hydrogens (tertiary/aromatic N) is 3. The number of nitrogens with one attached hydrogen (secondary N) is 2. The molecular formula is C22H27N5O. The lowest BCUT2D eigenvalue weighted by Crippen LogP contribution is -2.45. The quantitative estimate of drug-likeness (QED) is 0.632. The lowest BCUT2D eigenvalue weighted by atomic mass is 10.1. The smallest absolute Gasteiger partial charge is 0.237 e. The summed E-state index contributed by atoms with van der Waals surface area (Å²) in [5.74, 6) is 0.00950. The Morgan fingerprint density at radius 2 is 1.82 bits per heavy atom. The largest absolute Gasteiger partial charge is 0.352 e. The number of pyridine rings is 1. The Morgan fingerprint density at radius 3 is 2.50 bits per heavy atom. The van der Waals surface area contributed by atoms with Gasteiger partial charge < -0.3 is 10.6 Å². The molecule has 2 N–H and O–H groups in total. The van der Waals surface area contributed by atoms with Crippen molar-refractivity contribution in [1.29, 1.82) is 0 Å². The van der Waals surface area contributed by atoms with Gasteiger partial charge >= 0.3 is 0 Å². The van der Waals surface area contributed by atoms with Crippen LogP contribution in [0.4, 0.5) is 0 Å². The maximum atomic E-state index is 12.3. The number of carbonyl (C=O) groups excluding carboxylic acids is 1. The van der Waals surface area contributed by atoms with E-state index in [1.165, 1.54) is 0 Å². The molecule has 0 radical (unpaired) electrons. The Balaban J connectivity index is 1.81. The van der Waals surface area contributed by atoms with Crippen molar-refractivity contribution in [2.75, 3.05) is 0 Å². The first-order chi connectivity index (χ1) is 13.6. The summed E-state index contributed by atoms with van der Waals surface area (Å²) in [5, 5.41) is 11.1. The maximum absolute atomic E-state index is 12.3. The predicted octanol–water partition coefficient (Wildman–Crippen LogP) is 3.33. The van der Waals surface area contributed by atoms with Gasteiger partial charge in [0.15, 0.2) is 0 Å². The lowest BCUT2D eigenvalue weighted by molar-refractivity contribution is -0.123. The summed E-state index contributed by atoms with van der Waals surface area (Å²) in [6, 6.07) is 13.8. The standard InChI is InChI=1S/C22H27N5O/c1-4-16(2)25-22(28)17(3)24-14-19-15-27(20-8-6-5-7-9-20)26-21(19)18-10-12-23-13-11-18/h5-13,15-17,24H,4,14H2,1-3H3,(H,25,28). The van der Waals surface area contributed by atoms with Gasteiger partial charge in [-0.25, -0.2) is 4.68 Å². The molecule has 2 unspecified atom stereocenters. The number of hydrogen-bond acceptors (Lipinski definition) is 4. The minimum absolute atomic E-state index is 0.00950. The highest BCUT2D eigenvalue weighted by Gasteiger charge is 2.17. The SMILES string of the molecule is CCC(C)NC(=O)C(C)NCc1cn(-c2ccccc2)nc1-c1ccncc1. The Hall–Kier alpha value is -2.99. The van der Waals surface area contributed by atoms with Gasteiger partial charge in [-0.05, 0) is 44.5 Å². The zero-order valence-corrected chi connectivity index (χ0v) is 16.6.